The number of hydrogen-bond acceptors (Lipinski definition) is 5. The van der Waals surface area contributed by atoms with E-state index in [0.717, 1.165) is 24.2 Å². The van der Waals surface area contributed by atoms with Crippen LogP contribution in [-0.4, -0.2) is 47.8 Å². The third-order valence-corrected chi connectivity index (χ3v) is 4.86. The number of esters is 1. The number of fused-ring (bicyclic) bond motifs is 1. The SMILES string of the molecule is CCCCCNC(=O)COC(=O)[C@H](C)N1C(=O)c2cc(Cl)c(Cl)cc2C1=O. The molecule has 1 aliphatic rings. The third kappa shape index (κ3) is 4.78. The first-order valence-corrected chi connectivity index (χ1v) is 9.33. The van der Waals surface area contributed by atoms with Gasteiger partial charge in [0.05, 0.1) is 21.2 Å². The number of hydrogen-bond donors (Lipinski definition) is 1. The molecular formula is C18H20Cl2N2O5. The molecule has 0 saturated heterocycles. The van der Waals surface area contributed by atoms with Crippen LogP contribution in [0.3, 0.4) is 0 Å². The second-order valence-corrected chi connectivity index (χ2v) is 6.95. The van der Waals surface area contributed by atoms with Gasteiger partial charge in [0.2, 0.25) is 0 Å². The summed E-state index contributed by atoms with van der Waals surface area (Å²) in [6, 6.07) is 1.39. The summed E-state index contributed by atoms with van der Waals surface area (Å²) in [6.07, 6.45) is 2.86. The van der Waals surface area contributed by atoms with Gasteiger partial charge in [-0.25, -0.2) is 4.79 Å². The standard InChI is InChI=1S/C18H20Cl2N2O5/c1-3-4-5-6-21-15(23)9-27-18(26)10(2)22-16(24)11-7-13(19)14(20)8-12(11)17(22)25/h7-8,10H,3-6,9H2,1-2H3,(H,21,23)/t10-/m0/s1. The van der Waals surface area contributed by atoms with Gasteiger partial charge in [-0.3, -0.25) is 19.3 Å². The van der Waals surface area contributed by atoms with E-state index in [-0.39, 0.29) is 21.2 Å². The van der Waals surface area contributed by atoms with Crippen LogP contribution in [0.4, 0.5) is 0 Å². The van der Waals surface area contributed by atoms with Crippen molar-refractivity contribution in [2.24, 2.45) is 0 Å². The molecule has 0 aromatic heterocycles. The molecule has 0 radical (unpaired) electrons. The van der Waals surface area contributed by atoms with E-state index in [1.165, 1.54) is 19.1 Å². The molecule has 1 aromatic rings. The Bertz CT molecular complexity index is 740. The topological polar surface area (TPSA) is 92.8 Å². The Morgan fingerprint density at radius 2 is 1.67 bits per heavy atom. The lowest BCUT2D eigenvalue weighted by atomic mass is 10.1. The predicted molar refractivity (Wildman–Crippen MR) is 99.9 cm³/mol. The van der Waals surface area contributed by atoms with Crippen LogP contribution in [0, 0.1) is 0 Å². The maximum Gasteiger partial charge on any atom is 0.329 e. The first-order chi connectivity index (χ1) is 12.8. The van der Waals surface area contributed by atoms with Gasteiger partial charge in [-0.1, -0.05) is 43.0 Å². The summed E-state index contributed by atoms with van der Waals surface area (Å²) >= 11 is 11.8. The summed E-state index contributed by atoms with van der Waals surface area (Å²) in [5.74, 6) is -2.62. The molecule has 7 nitrogen and oxygen atoms in total. The Kier molecular flexibility index (Phi) is 7.21. The van der Waals surface area contributed by atoms with Crippen molar-refractivity contribution in [1.29, 1.82) is 0 Å². The van der Waals surface area contributed by atoms with Crippen molar-refractivity contribution in [2.45, 2.75) is 39.2 Å². The van der Waals surface area contributed by atoms with Crippen molar-refractivity contribution in [1.82, 2.24) is 10.2 Å². The fourth-order valence-corrected chi connectivity index (χ4v) is 2.95. The minimum Gasteiger partial charge on any atom is -0.454 e. The second kappa shape index (κ2) is 9.19. The molecule has 2 rings (SSSR count). The fourth-order valence-electron chi connectivity index (χ4n) is 2.62. The highest BCUT2D eigenvalue weighted by Gasteiger charge is 2.42. The summed E-state index contributed by atoms with van der Waals surface area (Å²) in [4.78, 5) is 49.6. The summed E-state index contributed by atoms with van der Waals surface area (Å²) in [6.45, 7) is 3.42. The zero-order chi connectivity index (χ0) is 20.1. The average molecular weight is 415 g/mol. The molecule has 0 spiro atoms. The van der Waals surface area contributed by atoms with Crippen LogP contribution < -0.4 is 5.32 Å². The smallest absolute Gasteiger partial charge is 0.329 e. The summed E-state index contributed by atoms with van der Waals surface area (Å²) in [5.41, 5.74) is 0.144. The first kappa shape index (κ1) is 21.2. The minimum absolute atomic E-state index is 0.0720. The molecule has 3 amide bonds. The molecule has 0 saturated carbocycles. The Morgan fingerprint density at radius 3 is 2.19 bits per heavy atom. The van der Waals surface area contributed by atoms with Crippen molar-refractivity contribution in [3.63, 3.8) is 0 Å². The second-order valence-electron chi connectivity index (χ2n) is 6.13. The van der Waals surface area contributed by atoms with Crippen LogP contribution in [0.1, 0.15) is 53.8 Å². The van der Waals surface area contributed by atoms with E-state index < -0.39 is 36.3 Å². The van der Waals surface area contributed by atoms with Crippen LogP contribution in [-0.2, 0) is 14.3 Å². The lowest BCUT2D eigenvalue weighted by Gasteiger charge is -2.20. The van der Waals surface area contributed by atoms with E-state index in [9.17, 15) is 19.2 Å². The van der Waals surface area contributed by atoms with Crippen LogP contribution in [0.5, 0.6) is 0 Å². The summed E-state index contributed by atoms with van der Waals surface area (Å²) in [5, 5.41) is 2.90. The number of benzene rings is 1. The van der Waals surface area contributed by atoms with Gasteiger partial charge in [-0.05, 0) is 25.5 Å². The van der Waals surface area contributed by atoms with Gasteiger partial charge in [0.15, 0.2) is 6.61 Å². The van der Waals surface area contributed by atoms with E-state index in [2.05, 4.69) is 5.32 Å². The van der Waals surface area contributed by atoms with Gasteiger partial charge >= 0.3 is 5.97 Å². The number of imide groups is 1. The number of nitrogens with zero attached hydrogens (tertiary/aromatic N) is 1. The number of halogens is 2. The molecule has 27 heavy (non-hydrogen) atoms. The maximum atomic E-state index is 12.5. The van der Waals surface area contributed by atoms with Gasteiger partial charge in [-0.15, -0.1) is 0 Å². The third-order valence-electron chi connectivity index (χ3n) is 4.14. The van der Waals surface area contributed by atoms with Crippen molar-refractivity contribution < 1.29 is 23.9 Å². The molecule has 0 unspecified atom stereocenters. The van der Waals surface area contributed by atoms with E-state index in [4.69, 9.17) is 27.9 Å². The largest absolute Gasteiger partial charge is 0.454 e. The lowest BCUT2D eigenvalue weighted by Crippen LogP contribution is -2.44. The normalized spacial score (nSPS) is 14.1. The molecule has 1 aromatic carbocycles. The molecule has 0 fully saturated rings. The monoisotopic (exact) mass is 414 g/mol. The van der Waals surface area contributed by atoms with Gasteiger partial charge in [0.25, 0.3) is 17.7 Å². The predicted octanol–water partition coefficient (Wildman–Crippen LogP) is 2.83. The lowest BCUT2D eigenvalue weighted by molar-refractivity contribution is -0.151. The number of carbonyl (C=O) groups is 4. The van der Waals surface area contributed by atoms with Crippen LogP contribution in [0.2, 0.25) is 10.0 Å². The average Bonchev–Trinajstić information content (AvgIpc) is 2.87. The number of ether oxygens (including phenoxy) is 1. The van der Waals surface area contributed by atoms with E-state index in [1.54, 1.807) is 0 Å². The molecule has 1 atom stereocenters. The number of amides is 3. The van der Waals surface area contributed by atoms with Gasteiger partial charge in [0, 0.05) is 6.54 Å². The zero-order valence-corrected chi connectivity index (χ0v) is 16.5. The molecule has 0 bridgehead atoms. The first-order valence-electron chi connectivity index (χ1n) is 8.58. The van der Waals surface area contributed by atoms with Gasteiger partial charge < -0.3 is 10.1 Å². The molecule has 0 aliphatic carbocycles. The molecule has 9 heteroatoms. The summed E-state index contributed by atoms with van der Waals surface area (Å²) in [7, 11) is 0. The quantitative estimate of drug-likeness (QED) is 0.401. The summed E-state index contributed by atoms with van der Waals surface area (Å²) < 4.78 is 4.93. The molecule has 1 aliphatic heterocycles. The van der Waals surface area contributed by atoms with Gasteiger partial charge in [-0.2, -0.15) is 0 Å². The van der Waals surface area contributed by atoms with Crippen LogP contribution >= 0.6 is 23.2 Å². The Hall–Kier alpha value is -2.12. The van der Waals surface area contributed by atoms with E-state index in [0.29, 0.717) is 6.54 Å². The number of rotatable bonds is 8. The fraction of sp³-hybridized carbons (Fsp3) is 0.444. The molecule has 1 heterocycles. The number of unbranched alkanes of at least 4 members (excludes halogenated alkanes) is 2. The highest BCUT2D eigenvalue weighted by molar-refractivity contribution is 6.43. The highest BCUT2D eigenvalue weighted by Crippen LogP contribution is 2.32. The van der Waals surface area contributed by atoms with E-state index >= 15 is 0 Å². The van der Waals surface area contributed by atoms with Crippen molar-refractivity contribution in [3.05, 3.63) is 33.3 Å². The maximum absolute atomic E-state index is 12.5. The Morgan fingerprint density at radius 1 is 1.11 bits per heavy atom. The number of nitrogens with one attached hydrogen (secondary N) is 1. The highest BCUT2D eigenvalue weighted by atomic mass is 35.5. The van der Waals surface area contributed by atoms with Crippen LogP contribution in [0.25, 0.3) is 0 Å². The van der Waals surface area contributed by atoms with Crippen molar-refractivity contribution >= 4 is 46.9 Å². The van der Waals surface area contributed by atoms with Crippen LogP contribution in [0.15, 0.2) is 12.1 Å². The molecule has 1 N–H and O–H groups in total. The van der Waals surface area contributed by atoms with E-state index in [1.807, 2.05) is 6.92 Å². The van der Waals surface area contributed by atoms with Crippen molar-refractivity contribution in [2.75, 3.05) is 13.2 Å². The Balaban J connectivity index is 1.96. The minimum atomic E-state index is -1.19. The molecular weight excluding hydrogens is 395 g/mol. The zero-order valence-electron chi connectivity index (χ0n) is 15.0. The Labute approximate surface area is 166 Å². The van der Waals surface area contributed by atoms with Crippen molar-refractivity contribution in [3.8, 4) is 0 Å². The molecule has 146 valence electrons. The van der Waals surface area contributed by atoms with Gasteiger partial charge in [0.1, 0.15) is 6.04 Å². The number of carbonyl (C=O) groups excluding carboxylic acids is 4.